The van der Waals surface area contributed by atoms with Gasteiger partial charge in [-0.25, -0.2) is 0 Å². The van der Waals surface area contributed by atoms with Gasteiger partial charge in [0.15, 0.2) is 0 Å². The Hall–Kier alpha value is -0.220. The van der Waals surface area contributed by atoms with Gasteiger partial charge in [-0.3, -0.25) is 4.79 Å². The molecule has 0 spiro atoms. The van der Waals surface area contributed by atoms with Gasteiger partial charge in [0, 0.05) is 5.75 Å². The molecule has 4 heteroatoms. The van der Waals surface area contributed by atoms with E-state index in [1.807, 2.05) is 6.92 Å². The summed E-state index contributed by atoms with van der Waals surface area (Å²) in [7, 11) is 1.40. The van der Waals surface area contributed by atoms with E-state index in [0.717, 1.165) is 17.9 Å². The van der Waals surface area contributed by atoms with Gasteiger partial charge in [-0.1, -0.05) is 6.92 Å². The van der Waals surface area contributed by atoms with Crippen LogP contribution in [-0.2, 0) is 9.53 Å². The monoisotopic (exact) mass is 206 g/mol. The number of methoxy groups -OCH3 is 1. The highest BCUT2D eigenvalue weighted by atomic mass is 32.2. The molecule has 13 heavy (non-hydrogen) atoms. The average Bonchev–Trinajstić information content (AvgIpc) is 2.10. The third-order valence-corrected chi connectivity index (χ3v) is 2.91. The fraction of sp³-hybridized carbons (Fsp3) is 0.889. The first-order chi connectivity index (χ1) is 6.07. The quantitative estimate of drug-likeness (QED) is 0.525. The van der Waals surface area contributed by atoms with Gasteiger partial charge in [0.25, 0.3) is 0 Å². The van der Waals surface area contributed by atoms with Crippen molar-refractivity contribution in [3.05, 3.63) is 0 Å². The van der Waals surface area contributed by atoms with Crippen molar-refractivity contribution in [2.75, 3.05) is 18.6 Å². The van der Waals surface area contributed by atoms with Crippen LogP contribution in [0.3, 0.4) is 0 Å². The highest BCUT2D eigenvalue weighted by Crippen LogP contribution is 2.11. The van der Waals surface area contributed by atoms with Crippen LogP contribution in [0.4, 0.5) is 0 Å². The summed E-state index contributed by atoms with van der Waals surface area (Å²) in [5.41, 5.74) is 0. The van der Waals surface area contributed by atoms with Crippen LogP contribution in [0.1, 0.15) is 20.3 Å². The van der Waals surface area contributed by atoms with Gasteiger partial charge in [-0.05, 0) is 19.1 Å². The highest BCUT2D eigenvalue weighted by molar-refractivity contribution is 7.99. The summed E-state index contributed by atoms with van der Waals surface area (Å²) in [6, 6.07) is 0. The molecule has 0 bridgehead atoms. The maximum absolute atomic E-state index is 11.0. The molecule has 78 valence electrons. The lowest BCUT2D eigenvalue weighted by molar-refractivity contribution is -0.143. The van der Waals surface area contributed by atoms with E-state index in [1.54, 1.807) is 18.7 Å². The Bertz CT molecular complexity index is 148. The second-order valence-corrected chi connectivity index (χ2v) is 4.29. The van der Waals surface area contributed by atoms with Gasteiger partial charge in [-0.2, -0.15) is 11.8 Å². The van der Waals surface area contributed by atoms with Gasteiger partial charge in [0.2, 0.25) is 0 Å². The summed E-state index contributed by atoms with van der Waals surface area (Å²) < 4.78 is 4.59. The lowest BCUT2D eigenvalue weighted by Gasteiger charge is -2.08. The third-order valence-electron chi connectivity index (χ3n) is 1.65. The number of ether oxygens (including phenoxy) is 1. The molecule has 0 radical (unpaired) electrons. The van der Waals surface area contributed by atoms with Crippen LogP contribution in [-0.4, -0.2) is 35.8 Å². The molecule has 0 aliphatic carbocycles. The molecule has 0 fully saturated rings. The minimum atomic E-state index is -0.249. The number of aliphatic hydroxyl groups is 1. The predicted molar refractivity (Wildman–Crippen MR) is 54.8 cm³/mol. The molecular weight excluding hydrogens is 188 g/mol. The van der Waals surface area contributed by atoms with Gasteiger partial charge >= 0.3 is 5.97 Å². The molecule has 0 saturated heterocycles. The first-order valence-electron chi connectivity index (χ1n) is 4.41. The molecule has 0 amide bonds. The van der Waals surface area contributed by atoms with Crippen molar-refractivity contribution in [3.63, 3.8) is 0 Å². The van der Waals surface area contributed by atoms with E-state index in [2.05, 4.69) is 4.74 Å². The molecule has 3 nitrogen and oxygen atoms in total. The Morgan fingerprint density at radius 1 is 1.54 bits per heavy atom. The van der Waals surface area contributed by atoms with Crippen molar-refractivity contribution >= 4 is 17.7 Å². The molecule has 2 atom stereocenters. The Kier molecular flexibility index (Phi) is 7.09. The molecule has 0 aromatic heterocycles. The van der Waals surface area contributed by atoms with Gasteiger partial charge in [0.1, 0.15) is 0 Å². The summed E-state index contributed by atoms with van der Waals surface area (Å²) in [5.74, 6) is 1.44. The molecule has 0 heterocycles. The maximum Gasteiger partial charge on any atom is 0.309 e. The standard InChI is InChI=1S/C9H18O3S/c1-7(9(11)12-3)6-13-5-4-8(2)10/h7-8,10H,4-6H2,1-3H3. The second-order valence-electron chi connectivity index (χ2n) is 3.14. The Balaban J connectivity index is 3.37. The van der Waals surface area contributed by atoms with Crippen LogP contribution in [0.15, 0.2) is 0 Å². The van der Waals surface area contributed by atoms with Crippen LogP contribution in [0.5, 0.6) is 0 Å². The van der Waals surface area contributed by atoms with Crippen LogP contribution < -0.4 is 0 Å². The summed E-state index contributed by atoms with van der Waals surface area (Å²) in [4.78, 5) is 11.0. The van der Waals surface area contributed by atoms with Crippen LogP contribution in [0, 0.1) is 5.92 Å². The van der Waals surface area contributed by atoms with Crippen molar-refractivity contribution in [1.29, 1.82) is 0 Å². The van der Waals surface area contributed by atoms with Crippen molar-refractivity contribution in [3.8, 4) is 0 Å². The van der Waals surface area contributed by atoms with Crippen LogP contribution >= 0.6 is 11.8 Å². The normalized spacial score (nSPS) is 15.1. The Morgan fingerprint density at radius 2 is 2.15 bits per heavy atom. The molecule has 0 saturated carbocycles. The zero-order valence-corrected chi connectivity index (χ0v) is 9.26. The zero-order valence-electron chi connectivity index (χ0n) is 8.45. The van der Waals surface area contributed by atoms with Gasteiger partial charge in [0.05, 0.1) is 19.1 Å². The Labute approximate surface area is 83.9 Å². The number of rotatable bonds is 6. The molecule has 0 aromatic rings. The van der Waals surface area contributed by atoms with Gasteiger partial charge in [-0.15, -0.1) is 0 Å². The lowest BCUT2D eigenvalue weighted by Crippen LogP contribution is -2.15. The third kappa shape index (κ3) is 6.90. The number of esters is 1. The van der Waals surface area contributed by atoms with Crippen molar-refractivity contribution < 1.29 is 14.6 Å². The first-order valence-corrected chi connectivity index (χ1v) is 5.57. The molecule has 2 unspecified atom stereocenters. The summed E-state index contributed by atoms with van der Waals surface area (Å²) in [5, 5.41) is 8.97. The molecule has 1 N–H and O–H groups in total. The number of thioether (sulfide) groups is 1. The van der Waals surface area contributed by atoms with E-state index in [0.29, 0.717) is 0 Å². The van der Waals surface area contributed by atoms with Gasteiger partial charge < -0.3 is 9.84 Å². The zero-order chi connectivity index (χ0) is 10.3. The van der Waals surface area contributed by atoms with E-state index in [1.165, 1.54) is 7.11 Å². The predicted octanol–water partition coefficient (Wildman–Crippen LogP) is 1.30. The molecule has 0 aliphatic rings. The number of carbonyl (C=O) groups is 1. The fourth-order valence-corrected chi connectivity index (χ4v) is 1.95. The fourth-order valence-electron chi connectivity index (χ4n) is 0.783. The van der Waals surface area contributed by atoms with E-state index in [4.69, 9.17) is 5.11 Å². The second kappa shape index (κ2) is 7.21. The maximum atomic E-state index is 11.0. The van der Waals surface area contributed by atoms with Crippen LogP contribution in [0.25, 0.3) is 0 Å². The highest BCUT2D eigenvalue weighted by Gasteiger charge is 2.12. The number of hydrogen-bond donors (Lipinski definition) is 1. The topological polar surface area (TPSA) is 46.5 Å². The van der Waals surface area contributed by atoms with E-state index >= 15 is 0 Å². The smallest absolute Gasteiger partial charge is 0.309 e. The minimum Gasteiger partial charge on any atom is -0.469 e. The number of aliphatic hydroxyl groups excluding tert-OH is 1. The van der Waals surface area contributed by atoms with Crippen molar-refractivity contribution in [2.24, 2.45) is 5.92 Å². The Morgan fingerprint density at radius 3 is 2.62 bits per heavy atom. The molecular formula is C9H18O3S. The van der Waals surface area contributed by atoms with E-state index < -0.39 is 0 Å². The molecule has 0 rings (SSSR count). The van der Waals surface area contributed by atoms with E-state index in [-0.39, 0.29) is 18.0 Å². The summed E-state index contributed by atoms with van der Waals surface area (Å²) >= 11 is 1.67. The van der Waals surface area contributed by atoms with Crippen molar-refractivity contribution in [1.82, 2.24) is 0 Å². The largest absolute Gasteiger partial charge is 0.469 e. The SMILES string of the molecule is COC(=O)C(C)CSCCC(C)O. The molecule has 0 aromatic carbocycles. The van der Waals surface area contributed by atoms with Crippen molar-refractivity contribution in [2.45, 2.75) is 26.4 Å². The first kappa shape index (κ1) is 12.8. The minimum absolute atomic E-state index is 0.0519. The summed E-state index contributed by atoms with van der Waals surface area (Å²) in [6.07, 6.45) is 0.527. The average molecular weight is 206 g/mol. The molecule has 0 aliphatic heterocycles. The lowest BCUT2D eigenvalue weighted by atomic mass is 10.2. The van der Waals surface area contributed by atoms with E-state index in [9.17, 15) is 4.79 Å². The van der Waals surface area contributed by atoms with Crippen LogP contribution in [0.2, 0.25) is 0 Å². The number of hydrogen-bond acceptors (Lipinski definition) is 4. The summed E-state index contributed by atoms with van der Waals surface area (Å²) in [6.45, 7) is 3.62. The number of carbonyl (C=O) groups excluding carboxylic acids is 1.